The highest BCUT2D eigenvalue weighted by Gasteiger charge is 2.52. The summed E-state index contributed by atoms with van der Waals surface area (Å²) in [5, 5.41) is 13.3. The second-order valence-electron chi connectivity index (χ2n) is 11.8. The maximum Gasteiger partial charge on any atom is 0.305 e. The lowest BCUT2D eigenvalue weighted by atomic mass is 9.76. The molecule has 2 amide bonds. The fourth-order valence-corrected chi connectivity index (χ4v) is 7.46. The number of piperidine rings is 2. The molecule has 1 N–H and O–H groups in total. The van der Waals surface area contributed by atoms with E-state index in [1.807, 2.05) is 41.3 Å². The number of aliphatic carboxylic acids is 1. The molecule has 7 nitrogen and oxygen atoms in total. The predicted molar refractivity (Wildman–Crippen MR) is 152 cm³/mol. The molecule has 2 atom stereocenters. The first-order chi connectivity index (χ1) is 18.9. The van der Waals surface area contributed by atoms with E-state index >= 15 is 0 Å². The van der Waals surface area contributed by atoms with Crippen LogP contribution in [0, 0.1) is 5.41 Å². The summed E-state index contributed by atoms with van der Waals surface area (Å²) < 4.78 is 0. The minimum absolute atomic E-state index is 0.00561. The molecule has 3 aromatic rings. The summed E-state index contributed by atoms with van der Waals surface area (Å²) in [4.78, 5) is 44.9. The molecule has 0 aliphatic carbocycles. The number of hydrogen-bond acceptors (Lipinski definition) is 4. The summed E-state index contributed by atoms with van der Waals surface area (Å²) in [6.07, 6.45) is 4.45. The molecule has 2 unspecified atom stereocenters. The standard InChI is InChI=1S/C32H37N3O4/c1-22-20-32(31(39)35(22)18-13-28(36)37)14-6-15-34(21-32)25-11-16-33(17-12-25)30(38)29-26-9-4-2-7-23(26)19-24-8-3-5-10-27(24)29/h2-5,7-10,19,22,25H,6,11-18,20-21H2,1H3,(H,36,37). The Morgan fingerprint density at radius 2 is 1.62 bits per heavy atom. The van der Waals surface area contributed by atoms with E-state index in [1.54, 1.807) is 4.90 Å². The van der Waals surface area contributed by atoms with Crippen molar-refractivity contribution in [2.45, 2.75) is 57.5 Å². The van der Waals surface area contributed by atoms with E-state index in [0.29, 0.717) is 25.7 Å². The molecular formula is C32H37N3O4. The zero-order chi connectivity index (χ0) is 27.1. The zero-order valence-electron chi connectivity index (χ0n) is 22.6. The van der Waals surface area contributed by atoms with Gasteiger partial charge < -0.3 is 14.9 Å². The maximum absolute atomic E-state index is 14.0. The number of carboxylic acids is 1. The molecule has 204 valence electrons. The van der Waals surface area contributed by atoms with Crippen molar-refractivity contribution >= 4 is 39.3 Å². The van der Waals surface area contributed by atoms with Crippen molar-refractivity contribution in [2.24, 2.45) is 5.41 Å². The van der Waals surface area contributed by atoms with E-state index in [4.69, 9.17) is 5.11 Å². The monoisotopic (exact) mass is 527 g/mol. The Kier molecular flexibility index (Phi) is 6.79. The van der Waals surface area contributed by atoms with Gasteiger partial charge in [0.05, 0.1) is 17.4 Å². The number of fused-ring (bicyclic) bond motifs is 2. The first-order valence-electron chi connectivity index (χ1n) is 14.3. The van der Waals surface area contributed by atoms with Gasteiger partial charge in [-0.3, -0.25) is 19.3 Å². The van der Waals surface area contributed by atoms with E-state index in [9.17, 15) is 14.4 Å². The van der Waals surface area contributed by atoms with Crippen LogP contribution in [0.5, 0.6) is 0 Å². The number of amides is 2. The van der Waals surface area contributed by atoms with Crippen molar-refractivity contribution in [2.75, 3.05) is 32.7 Å². The Bertz CT molecular complexity index is 1380. The van der Waals surface area contributed by atoms with E-state index in [0.717, 1.165) is 72.3 Å². The molecule has 3 aromatic carbocycles. The molecule has 7 heteroatoms. The number of nitrogens with zero attached hydrogens (tertiary/aromatic N) is 3. The van der Waals surface area contributed by atoms with Gasteiger partial charge in [-0.05, 0) is 73.2 Å². The zero-order valence-corrected chi connectivity index (χ0v) is 22.6. The van der Waals surface area contributed by atoms with Crippen LogP contribution in [-0.4, -0.2) is 82.4 Å². The summed E-state index contributed by atoms with van der Waals surface area (Å²) in [7, 11) is 0. The number of rotatable bonds is 5. The van der Waals surface area contributed by atoms with Gasteiger partial charge in [0.2, 0.25) is 5.91 Å². The Morgan fingerprint density at radius 3 is 2.26 bits per heavy atom. The molecular weight excluding hydrogens is 490 g/mol. The lowest BCUT2D eigenvalue weighted by molar-refractivity contribution is -0.142. The third-order valence-corrected chi connectivity index (χ3v) is 9.36. The average Bonchev–Trinajstić information content (AvgIpc) is 3.17. The van der Waals surface area contributed by atoms with Gasteiger partial charge in [0, 0.05) is 38.3 Å². The summed E-state index contributed by atoms with van der Waals surface area (Å²) in [6, 6.07) is 18.9. The van der Waals surface area contributed by atoms with Crippen LogP contribution in [0.15, 0.2) is 54.6 Å². The Balaban J connectivity index is 1.16. The van der Waals surface area contributed by atoms with Crippen LogP contribution in [0.2, 0.25) is 0 Å². The molecule has 39 heavy (non-hydrogen) atoms. The summed E-state index contributed by atoms with van der Waals surface area (Å²) in [5.74, 6) is -0.624. The molecule has 1 spiro atoms. The van der Waals surface area contributed by atoms with Gasteiger partial charge in [-0.25, -0.2) is 0 Å². The number of carboxylic acid groups (broad SMARTS) is 1. The van der Waals surface area contributed by atoms with Crippen molar-refractivity contribution in [1.29, 1.82) is 0 Å². The molecule has 3 saturated heterocycles. The molecule has 0 bridgehead atoms. The van der Waals surface area contributed by atoms with Crippen LogP contribution in [0.3, 0.4) is 0 Å². The predicted octanol–water partition coefficient (Wildman–Crippen LogP) is 4.78. The largest absolute Gasteiger partial charge is 0.481 e. The number of benzene rings is 3. The van der Waals surface area contributed by atoms with Crippen LogP contribution in [-0.2, 0) is 9.59 Å². The Morgan fingerprint density at radius 1 is 0.974 bits per heavy atom. The van der Waals surface area contributed by atoms with E-state index in [2.05, 4.69) is 30.0 Å². The summed E-state index contributed by atoms with van der Waals surface area (Å²) in [5.41, 5.74) is 0.399. The van der Waals surface area contributed by atoms with Crippen LogP contribution in [0.1, 0.15) is 55.8 Å². The molecule has 6 rings (SSSR count). The van der Waals surface area contributed by atoms with Crippen molar-refractivity contribution < 1.29 is 19.5 Å². The fraction of sp³-hybridized carbons (Fsp3) is 0.469. The fourth-order valence-electron chi connectivity index (χ4n) is 7.46. The van der Waals surface area contributed by atoms with Crippen molar-refractivity contribution in [1.82, 2.24) is 14.7 Å². The third kappa shape index (κ3) is 4.67. The smallest absolute Gasteiger partial charge is 0.305 e. The van der Waals surface area contributed by atoms with Gasteiger partial charge in [-0.1, -0.05) is 48.5 Å². The quantitative estimate of drug-likeness (QED) is 0.483. The number of likely N-dealkylation sites (tertiary alicyclic amines) is 3. The Labute approximate surface area is 229 Å². The number of carbonyl (C=O) groups is 3. The molecule has 0 saturated carbocycles. The maximum atomic E-state index is 14.0. The van der Waals surface area contributed by atoms with Crippen LogP contribution >= 0.6 is 0 Å². The lowest BCUT2D eigenvalue weighted by Gasteiger charge is -2.45. The minimum atomic E-state index is -0.862. The lowest BCUT2D eigenvalue weighted by Crippen LogP contribution is -2.54. The van der Waals surface area contributed by atoms with E-state index in [1.165, 1.54) is 0 Å². The first-order valence-corrected chi connectivity index (χ1v) is 14.3. The normalized spacial score (nSPS) is 24.7. The Hall–Kier alpha value is -3.45. The van der Waals surface area contributed by atoms with E-state index < -0.39 is 11.4 Å². The minimum Gasteiger partial charge on any atom is -0.481 e. The molecule has 3 heterocycles. The van der Waals surface area contributed by atoms with Gasteiger partial charge in [-0.15, -0.1) is 0 Å². The topological polar surface area (TPSA) is 81.2 Å². The van der Waals surface area contributed by atoms with Gasteiger partial charge in [-0.2, -0.15) is 0 Å². The highest BCUT2D eigenvalue weighted by Crippen LogP contribution is 2.44. The van der Waals surface area contributed by atoms with Gasteiger partial charge in [0.1, 0.15) is 0 Å². The second-order valence-corrected chi connectivity index (χ2v) is 11.8. The first kappa shape index (κ1) is 25.8. The highest BCUT2D eigenvalue weighted by molar-refractivity contribution is 6.18. The molecule has 3 aliphatic heterocycles. The molecule has 3 aliphatic rings. The van der Waals surface area contributed by atoms with Crippen LogP contribution in [0.4, 0.5) is 0 Å². The van der Waals surface area contributed by atoms with Crippen molar-refractivity contribution in [3.05, 3.63) is 60.2 Å². The summed E-state index contributed by atoms with van der Waals surface area (Å²) in [6.45, 7) is 5.48. The van der Waals surface area contributed by atoms with Crippen molar-refractivity contribution in [3.8, 4) is 0 Å². The van der Waals surface area contributed by atoms with Gasteiger partial charge >= 0.3 is 5.97 Å². The second kappa shape index (κ2) is 10.3. The summed E-state index contributed by atoms with van der Waals surface area (Å²) >= 11 is 0. The van der Waals surface area contributed by atoms with Crippen LogP contribution < -0.4 is 0 Å². The molecule has 3 fully saturated rings. The highest BCUT2D eigenvalue weighted by atomic mass is 16.4. The molecule has 0 radical (unpaired) electrons. The van der Waals surface area contributed by atoms with Crippen LogP contribution in [0.25, 0.3) is 21.5 Å². The average molecular weight is 528 g/mol. The van der Waals surface area contributed by atoms with Gasteiger partial charge in [0.15, 0.2) is 0 Å². The number of carbonyl (C=O) groups excluding carboxylic acids is 2. The number of hydrogen-bond donors (Lipinski definition) is 1. The van der Waals surface area contributed by atoms with Gasteiger partial charge in [0.25, 0.3) is 5.91 Å². The third-order valence-electron chi connectivity index (χ3n) is 9.36. The van der Waals surface area contributed by atoms with Crippen molar-refractivity contribution in [3.63, 3.8) is 0 Å². The molecule has 0 aromatic heterocycles. The SMILES string of the molecule is CC1CC2(CCCN(C3CCN(C(=O)c4c5ccccc5cc5ccccc45)CC3)C2)C(=O)N1CCC(=O)O. The van der Waals surface area contributed by atoms with E-state index in [-0.39, 0.29) is 24.3 Å².